The lowest BCUT2D eigenvalue weighted by Gasteiger charge is -2.08. The molecule has 2 rings (SSSR count). The molecule has 0 unspecified atom stereocenters. The van der Waals surface area contributed by atoms with Gasteiger partial charge in [0.05, 0.1) is 10.6 Å². The lowest BCUT2D eigenvalue weighted by molar-refractivity contribution is 0.102. The van der Waals surface area contributed by atoms with Crippen LogP contribution in [-0.2, 0) is 0 Å². The number of hydrogen-bond donors (Lipinski definition) is 2. The van der Waals surface area contributed by atoms with Crippen molar-refractivity contribution in [3.05, 3.63) is 58.4 Å². The first-order chi connectivity index (χ1) is 8.97. The van der Waals surface area contributed by atoms with Gasteiger partial charge in [-0.1, -0.05) is 11.6 Å². The Labute approximate surface area is 115 Å². The molecule has 19 heavy (non-hydrogen) atoms. The maximum atomic E-state index is 13.5. The van der Waals surface area contributed by atoms with E-state index in [0.29, 0.717) is 16.9 Å². The molecule has 3 N–H and O–H groups in total. The largest absolute Gasteiger partial charge is 0.399 e. The smallest absolute Gasteiger partial charge is 0.257 e. The Morgan fingerprint density at radius 1 is 1.26 bits per heavy atom. The molecule has 0 bridgehead atoms. The molecule has 0 saturated carbocycles. The molecule has 0 aliphatic heterocycles. The monoisotopic (exact) mass is 278 g/mol. The van der Waals surface area contributed by atoms with Crippen LogP contribution in [0.3, 0.4) is 0 Å². The van der Waals surface area contributed by atoms with Crippen molar-refractivity contribution >= 4 is 28.9 Å². The Hall–Kier alpha value is -2.07. The van der Waals surface area contributed by atoms with E-state index >= 15 is 0 Å². The molecule has 2 aromatic rings. The van der Waals surface area contributed by atoms with Crippen molar-refractivity contribution in [2.45, 2.75) is 6.92 Å². The number of anilines is 2. The predicted molar refractivity (Wildman–Crippen MR) is 75.0 cm³/mol. The number of benzene rings is 2. The van der Waals surface area contributed by atoms with Gasteiger partial charge >= 0.3 is 0 Å². The van der Waals surface area contributed by atoms with Crippen molar-refractivity contribution < 1.29 is 9.18 Å². The van der Waals surface area contributed by atoms with Gasteiger partial charge in [-0.15, -0.1) is 0 Å². The number of nitrogens with two attached hydrogens (primary N) is 1. The average molecular weight is 279 g/mol. The van der Waals surface area contributed by atoms with E-state index in [0.717, 1.165) is 6.07 Å². The normalized spacial score (nSPS) is 10.3. The standard InChI is InChI=1S/C14H12ClFN2O/c1-8-6-12(15)11(7-13(8)16)14(19)18-10-4-2-9(17)3-5-10/h2-7H,17H2,1H3,(H,18,19). The van der Waals surface area contributed by atoms with Gasteiger partial charge in [-0.2, -0.15) is 0 Å². The van der Waals surface area contributed by atoms with E-state index in [4.69, 9.17) is 17.3 Å². The van der Waals surface area contributed by atoms with Crippen molar-refractivity contribution in [3.8, 4) is 0 Å². The molecule has 0 radical (unpaired) electrons. The summed E-state index contributed by atoms with van der Waals surface area (Å²) >= 11 is 5.94. The molecule has 1 amide bonds. The number of rotatable bonds is 2. The molecule has 98 valence electrons. The molecule has 2 aromatic carbocycles. The van der Waals surface area contributed by atoms with Crippen LogP contribution in [0.15, 0.2) is 36.4 Å². The van der Waals surface area contributed by atoms with Gasteiger partial charge in [0, 0.05) is 11.4 Å². The molecule has 0 atom stereocenters. The van der Waals surface area contributed by atoms with Gasteiger partial charge < -0.3 is 11.1 Å². The lowest BCUT2D eigenvalue weighted by atomic mass is 10.1. The highest BCUT2D eigenvalue weighted by atomic mass is 35.5. The molecular weight excluding hydrogens is 267 g/mol. The van der Waals surface area contributed by atoms with Gasteiger partial charge in [-0.05, 0) is 48.9 Å². The fourth-order valence-corrected chi connectivity index (χ4v) is 1.89. The van der Waals surface area contributed by atoms with Gasteiger partial charge in [-0.3, -0.25) is 4.79 Å². The Bertz CT molecular complexity index is 626. The van der Waals surface area contributed by atoms with Gasteiger partial charge in [0.1, 0.15) is 5.82 Å². The first-order valence-corrected chi connectivity index (χ1v) is 5.97. The van der Waals surface area contributed by atoms with E-state index < -0.39 is 11.7 Å². The Kier molecular flexibility index (Phi) is 3.71. The van der Waals surface area contributed by atoms with Crippen LogP contribution >= 0.6 is 11.6 Å². The Balaban J connectivity index is 2.25. The molecular formula is C14H12ClFN2O. The third-order valence-corrected chi connectivity index (χ3v) is 2.97. The minimum absolute atomic E-state index is 0.0987. The van der Waals surface area contributed by atoms with Crippen molar-refractivity contribution in [2.24, 2.45) is 0 Å². The third kappa shape index (κ3) is 3.03. The maximum absolute atomic E-state index is 13.5. The number of amides is 1. The Morgan fingerprint density at radius 2 is 1.89 bits per heavy atom. The number of nitrogens with one attached hydrogen (secondary N) is 1. The second-order valence-electron chi connectivity index (χ2n) is 4.16. The highest BCUT2D eigenvalue weighted by Crippen LogP contribution is 2.22. The molecule has 5 heteroatoms. The number of hydrogen-bond acceptors (Lipinski definition) is 2. The molecule has 0 heterocycles. The quantitative estimate of drug-likeness (QED) is 0.824. The summed E-state index contributed by atoms with van der Waals surface area (Å²) in [6.45, 7) is 1.59. The van der Waals surface area contributed by atoms with E-state index in [1.54, 1.807) is 31.2 Å². The van der Waals surface area contributed by atoms with Crippen molar-refractivity contribution in [2.75, 3.05) is 11.1 Å². The number of nitrogen functional groups attached to an aromatic ring is 1. The van der Waals surface area contributed by atoms with Gasteiger partial charge in [-0.25, -0.2) is 4.39 Å². The molecule has 3 nitrogen and oxygen atoms in total. The van der Waals surface area contributed by atoms with Crippen LogP contribution in [0, 0.1) is 12.7 Å². The van der Waals surface area contributed by atoms with Gasteiger partial charge in [0.2, 0.25) is 0 Å². The Morgan fingerprint density at radius 3 is 2.53 bits per heavy atom. The summed E-state index contributed by atoms with van der Waals surface area (Å²) in [5, 5.41) is 2.84. The summed E-state index contributed by atoms with van der Waals surface area (Å²) in [7, 11) is 0. The highest BCUT2D eigenvalue weighted by molar-refractivity contribution is 6.34. The minimum Gasteiger partial charge on any atom is -0.399 e. The fraction of sp³-hybridized carbons (Fsp3) is 0.0714. The zero-order chi connectivity index (χ0) is 14.0. The van der Waals surface area contributed by atoms with Crippen LogP contribution in [-0.4, -0.2) is 5.91 Å². The molecule has 0 aromatic heterocycles. The predicted octanol–water partition coefficient (Wildman–Crippen LogP) is 3.62. The van der Waals surface area contributed by atoms with Crippen molar-refractivity contribution in [3.63, 3.8) is 0 Å². The van der Waals surface area contributed by atoms with Crippen LogP contribution < -0.4 is 11.1 Å². The second-order valence-corrected chi connectivity index (χ2v) is 4.56. The first-order valence-electron chi connectivity index (χ1n) is 5.60. The number of halogens is 2. The van der Waals surface area contributed by atoms with Gasteiger partial charge in [0.15, 0.2) is 0 Å². The van der Waals surface area contributed by atoms with E-state index in [2.05, 4.69) is 5.32 Å². The van der Waals surface area contributed by atoms with Crippen molar-refractivity contribution in [1.29, 1.82) is 0 Å². The summed E-state index contributed by atoms with van der Waals surface area (Å²) in [5.41, 5.74) is 7.20. The van der Waals surface area contributed by atoms with E-state index in [1.165, 1.54) is 6.07 Å². The number of carbonyl (C=O) groups excluding carboxylic acids is 1. The summed E-state index contributed by atoms with van der Waals surface area (Å²) in [5.74, 6) is -0.930. The highest BCUT2D eigenvalue weighted by Gasteiger charge is 2.13. The van der Waals surface area contributed by atoms with Crippen LogP contribution in [0.4, 0.5) is 15.8 Å². The summed E-state index contributed by atoms with van der Waals surface area (Å²) < 4.78 is 13.5. The summed E-state index contributed by atoms with van der Waals surface area (Å²) in [4.78, 5) is 12.0. The van der Waals surface area contributed by atoms with Gasteiger partial charge in [0.25, 0.3) is 5.91 Å². The second kappa shape index (κ2) is 5.28. The number of carbonyl (C=O) groups is 1. The third-order valence-electron chi connectivity index (χ3n) is 2.66. The van der Waals surface area contributed by atoms with E-state index in [1.807, 2.05) is 0 Å². The van der Waals surface area contributed by atoms with Crippen LogP contribution in [0.25, 0.3) is 0 Å². The SMILES string of the molecule is Cc1cc(Cl)c(C(=O)Nc2ccc(N)cc2)cc1F. The maximum Gasteiger partial charge on any atom is 0.257 e. The molecule has 0 fully saturated rings. The zero-order valence-electron chi connectivity index (χ0n) is 10.2. The summed E-state index contributed by atoms with van der Waals surface area (Å²) in [6, 6.07) is 9.19. The number of aryl methyl sites for hydroxylation is 1. The van der Waals surface area contributed by atoms with Crippen LogP contribution in [0.1, 0.15) is 15.9 Å². The molecule has 0 spiro atoms. The molecule has 0 aliphatic carbocycles. The van der Waals surface area contributed by atoms with Crippen LogP contribution in [0.5, 0.6) is 0 Å². The fourth-order valence-electron chi connectivity index (χ4n) is 1.59. The van der Waals surface area contributed by atoms with E-state index in [9.17, 15) is 9.18 Å². The lowest BCUT2D eigenvalue weighted by Crippen LogP contribution is -2.13. The van der Waals surface area contributed by atoms with Crippen molar-refractivity contribution in [1.82, 2.24) is 0 Å². The minimum atomic E-state index is -0.466. The topological polar surface area (TPSA) is 55.1 Å². The molecule has 0 aliphatic rings. The first kappa shape index (κ1) is 13.4. The zero-order valence-corrected chi connectivity index (χ0v) is 11.0. The van der Waals surface area contributed by atoms with Crippen LogP contribution in [0.2, 0.25) is 5.02 Å². The molecule has 0 saturated heterocycles. The van der Waals surface area contributed by atoms with E-state index in [-0.39, 0.29) is 10.6 Å². The average Bonchev–Trinajstić information content (AvgIpc) is 2.36. The summed E-state index contributed by atoms with van der Waals surface area (Å²) in [6.07, 6.45) is 0.